The normalized spacial score (nSPS) is 17.4. The van der Waals surface area contributed by atoms with Gasteiger partial charge in [0.1, 0.15) is 18.2 Å². The summed E-state index contributed by atoms with van der Waals surface area (Å²) in [6.45, 7) is 0.699. The number of nitrogen functional groups attached to an aromatic ring is 1. The molecule has 4 rings (SSSR count). The molecule has 1 heterocycles. The number of hydrogen-bond acceptors (Lipinski definition) is 4. The van der Waals surface area contributed by atoms with Crippen LogP contribution in [0.15, 0.2) is 78.9 Å². The highest BCUT2D eigenvalue weighted by atomic mass is 16.5. The summed E-state index contributed by atoms with van der Waals surface area (Å²) in [6, 6.07) is 24.0. The summed E-state index contributed by atoms with van der Waals surface area (Å²) < 4.78 is 6.01. The molecule has 0 bridgehead atoms. The zero-order valence-corrected chi connectivity index (χ0v) is 18.7. The molecule has 7 nitrogen and oxygen atoms in total. The number of rotatable bonds is 8. The van der Waals surface area contributed by atoms with Crippen LogP contribution in [0.4, 0.5) is 0 Å². The van der Waals surface area contributed by atoms with Crippen LogP contribution in [0.1, 0.15) is 28.8 Å². The molecule has 3 aromatic carbocycles. The third-order valence-electron chi connectivity index (χ3n) is 6.07. The number of carbonyl (C=O) groups excluding carboxylic acids is 1. The van der Waals surface area contributed by atoms with Gasteiger partial charge in [0.15, 0.2) is 0 Å². The predicted octanol–water partition coefficient (Wildman–Crippen LogP) is 4.02. The largest absolute Gasteiger partial charge is 0.491 e. The fourth-order valence-corrected chi connectivity index (χ4v) is 4.34. The van der Waals surface area contributed by atoms with Crippen LogP contribution in [0, 0.1) is 11.3 Å². The van der Waals surface area contributed by atoms with Crippen molar-refractivity contribution in [2.75, 3.05) is 13.2 Å². The number of amides is 1. The lowest BCUT2D eigenvalue weighted by atomic mass is 10.0. The molecule has 1 aliphatic heterocycles. The highest BCUT2D eigenvalue weighted by molar-refractivity contribution is 5.95. The molecular formula is C27H27N3O4. The second kappa shape index (κ2) is 10.2. The molecule has 0 spiro atoms. The zero-order chi connectivity index (χ0) is 24.1. The fraction of sp³-hybridized carbons (Fsp3) is 0.222. The molecule has 4 N–H and O–H groups in total. The monoisotopic (exact) mass is 457 g/mol. The van der Waals surface area contributed by atoms with Gasteiger partial charge in [0.25, 0.3) is 5.91 Å². The summed E-state index contributed by atoms with van der Waals surface area (Å²) in [5, 5.41) is 16.7. The molecule has 0 saturated carbocycles. The molecular weight excluding hydrogens is 430 g/mol. The minimum atomic E-state index is -0.856. The minimum Gasteiger partial charge on any atom is -0.491 e. The molecule has 7 heteroatoms. The van der Waals surface area contributed by atoms with E-state index < -0.39 is 5.97 Å². The van der Waals surface area contributed by atoms with E-state index in [0.717, 1.165) is 11.1 Å². The molecule has 3 aromatic rings. The van der Waals surface area contributed by atoms with Gasteiger partial charge in [0.2, 0.25) is 0 Å². The van der Waals surface area contributed by atoms with E-state index in [9.17, 15) is 14.7 Å². The summed E-state index contributed by atoms with van der Waals surface area (Å²) in [6.07, 6.45) is 0.623. The Morgan fingerprint density at radius 3 is 2.15 bits per heavy atom. The Bertz CT molecular complexity index is 1160. The van der Waals surface area contributed by atoms with Gasteiger partial charge in [-0.15, -0.1) is 0 Å². The van der Waals surface area contributed by atoms with Crippen LogP contribution in [0.5, 0.6) is 5.75 Å². The standard InChI is InChI=1S/C27H27N3O4/c28-26(29)21-8-6-19(7-9-21)20-10-12-24(13-11-20)34-17-23-14-18(15-25(31)32)16-30(23)27(33)22-4-2-1-3-5-22/h1-13,18,23H,14-17H2,(H3,28,29)(H,31,32)/t18-,23-/m0/s1. The van der Waals surface area contributed by atoms with E-state index in [2.05, 4.69) is 0 Å². The number of likely N-dealkylation sites (tertiary alicyclic amines) is 1. The van der Waals surface area contributed by atoms with Gasteiger partial charge in [0.05, 0.1) is 6.04 Å². The highest BCUT2D eigenvalue weighted by Crippen LogP contribution is 2.29. The molecule has 0 radical (unpaired) electrons. The first-order valence-corrected chi connectivity index (χ1v) is 11.2. The smallest absolute Gasteiger partial charge is 0.303 e. The molecule has 1 saturated heterocycles. The van der Waals surface area contributed by atoms with E-state index in [1.165, 1.54) is 0 Å². The number of carboxylic acids is 1. The van der Waals surface area contributed by atoms with Gasteiger partial charge in [-0.1, -0.05) is 54.6 Å². The fourth-order valence-electron chi connectivity index (χ4n) is 4.34. The van der Waals surface area contributed by atoms with Crippen LogP contribution in [0.2, 0.25) is 0 Å². The van der Waals surface area contributed by atoms with E-state index in [-0.39, 0.29) is 30.1 Å². The van der Waals surface area contributed by atoms with Crippen molar-refractivity contribution in [3.63, 3.8) is 0 Å². The van der Waals surface area contributed by atoms with Crippen molar-refractivity contribution in [1.29, 1.82) is 5.41 Å². The molecule has 34 heavy (non-hydrogen) atoms. The van der Waals surface area contributed by atoms with E-state index in [4.69, 9.17) is 15.9 Å². The maximum atomic E-state index is 13.1. The van der Waals surface area contributed by atoms with E-state index >= 15 is 0 Å². The average Bonchev–Trinajstić information content (AvgIpc) is 3.25. The first-order valence-electron chi connectivity index (χ1n) is 11.2. The first-order chi connectivity index (χ1) is 16.4. The van der Waals surface area contributed by atoms with Crippen LogP contribution >= 0.6 is 0 Å². The van der Waals surface area contributed by atoms with Gasteiger partial charge >= 0.3 is 5.97 Å². The van der Waals surface area contributed by atoms with Crippen LogP contribution in [-0.2, 0) is 4.79 Å². The number of carbonyl (C=O) groups is 2. The maximum absolute atomic E-state index is 13.1. The molecule has 1 fully saturated rings. The minimum absolute atomic E-state index is 0.0339. The zero-order valence-electron chi connectivity index (χ0n) is 18.7. The molecule has 1 aliphatic rings. The third kappa shape index (κ3) is 5.43. The Kier molecular flexibility index (Phi) is 6.92. The van der Waals surface area contributed by atoms with Gasteiger partial charge in [-0.2, -0.15) is 0 Å². The van der Waals surface area contributed by atoms with Gasteiger partial charge < -0.3 is 20.5 Å². The first kappa shape index (κ1) is 23.0. The molecule has 174 valence electrons. The van der Waals surface area contributed by atoms with E-state index in [1.54, 1.807) is 17.0 Å². The lowest BCUT2D eigenvalue weighted by Crippen LogP contribution is -2.39. The van der Waals surface area contributed by atoms with E-state index in [1.807, 2.05) is 66.7 Å². The number of nitrogens with two attached hydrogens (primary N) is 1. The maximum Gasteiger partial charge on any atom is 0.303 e. The van der Waals surface area contributed by atoms with Crippen LogP contribution in [0.3, 0.4) is 0 Å². The average molecular weight is 458 g/mol. The van der Waals surface area contributed by atoms with Crippen molar-refractivity contribution >= 4 is 17.7 Å². The molecule has 0 aromatic heterocycles. The second-order valence-corrected chi connectivity index (χ2v) is 8.50. The summed E-state index contributed by atoms with van der Waals surface area (Å²) in [5.74, 6) is -0.346. The Morgan fingerprint density at radius 1 is 0.941 bits per heavy atom. The topological polar surface area (TPSA) is 117 Å². The number of benzene rings is 3. The highest BCUT2D eigenvalue weighted by Gasteiger charge is 2.37. The lowest BCUT2D eigenvalue weighted by molar-refractivity contribution is -0.138. The number of ether oxygens (including phenoxy) is 1. The quantitative estimate of drug-likeness (QED) is 0.349. The van der Waals surface area contributed by atoms with E-state index in [0.29, 0.717) is 36.4 Å². The van der Waals surface area contributed by atoms with Crippen molar-refractivity contribution in [1.82, 2.24) is 4.90 Å². The lowest BCUT2D eigenvalue weighted by Gasteiger charge is -2.25. The van der Waals surface area contributed by atoms with Crippen LogP contribution in [0.25, 0.3) is 11.1 Å². The summed E-state index contributed by atoms with van der Waals surface area (Å²) in [4.78, 5) is 26.1. The Hall–Kier alpha value is -4.13. The van der Waals surface area contributed by atoms with Crippen LogP contribution in [-0.4, -0.2) is 46.9 Å². The number of hydrogen-bond donors (Lipinski definition) is 3. The van der Waals surface area contributed by atoms with Crippen molar-refractivity contribution in [3.05, 3.63) is 90.0 Å². The van der Waals surface area contributed by atoms with Gasteiger partial charge in [-0.25, -0.2) is 0 Å². The summed E-state index contributed by atoms with van der Waals surface area (Å²) in [7, 11) is 0. The van der Waals surface area contributed by atoms with Crippen LogP contribution < -0.4 is 10.5 Å². The van der Waals surface area contributed by atoms with Gasteiger partial charge in [0, 0.05) is 24.1 Å². The second-order valence-electron chi connectivity index (χ2n) is 8.50. The molecule has 1 amide bonds. The number of aliphatic carboxylic acids is 1. The number of nitrogens with zero attached hydrogens (tertiary/aromatic N) is 1. The number of nitrogens with one attached hydrogen (secondary N) is 1. The Morgan fingerprint density at radius 2 is 1.56 bits per heavy atom. The molecule has 0 unspecified atom stereocenters. The van der Waals surface area contributed by atoms with Gasteiger partial charge in [-0.3, -0.25) is 15.0 Å². The van der Waals surface area contributed by atoms with Crippen molar-refractivity contribution < 1.29 is 19.4 Å². The Labute approximate surface area is 198 Å². The van der Waals surface area contributed by atoms with Crippen molar-refractivity contribution in [2.45, 2.75) is 18.9 Å². The number of amidine groups is 1. The van der Waals surface area contributed by atoms with Crippen molar-refractivity contribution in [2.24, 2.45) is 11.7 Å². The summed E-state index contributed by atoms with van der Waals surface area (Å²) >= 11 is 0. The third-order valence-corrected chi connectivity index (χ3v) is 6.07. The number of carboxylic acid groups (broad SMARTS) is 1. The van der Waals surface area contributed by atoms with Gasteiger partial charge in [-0.05, 0) is 47.7 Å². The SMILES string of the molecule is N=C(N)c1ccc(-c2ccc(OC[C@@H]3C[C@@H](CC(=O)O)CN3C(=O)c3ccccc3)cc2)cc1. The predicted molar refractivity (Wildman–Crippen MR) is 130 cm³/mol. The Balaban J connectivity index is 1.43. The molecule has 0 aliphatic carbocycles. The summed E-state index contributed by atoms with van der Waals surface area (Å²) in [5.41, 5.74) is 8.79. The van der Waals surface area contributed by atoms with Crippen molar-refractivity contribution in [3.8, 4) is 16.9 Å². The molecule has 2 atom stereocenters.